The minimum absolute atomic E-state index is 0.170. The van der Waals surface area contributed by atoms with E-state index >= 15 is 0 Å². The van der Waals surface area contributed by atoms with Crippen molar-refractivity contribution < 1.29 is 4.39 Å². The Morgan fingerprint density at radius 2 is 1.81 bits per heavy atom. The Balaban J connectivity index is 2.56. The van der Waals surface area contributed by atoms with Crippen LogP contribution in [0.5, 0.6) is 0 Å². The first-order valence-electron chi connectivity index (χ1n) is 6.18. The maximum Gasteiger partial charge on any atom is 0.123 e. The maximum absolute atomic E-state index is 12.8. The van der Waals surface area contributed by atoms with Crippen LogP contribution >= 0.6 is 0 Å². The fourth-order valence-corrected chi connectivity index (χ4v) is 1.96. The van der Waals surface area contributed by atoms with Crippen LogP contribution in [0.15, 0.2) is 24.3 Å². The normalized spacial score (nSPS) is 14.8. The molecule has 0 fully saturated rings. The van der Waals surface area contributed by atoms with Gasteiger partial charge in [-0.1, -0.05) is 32.4 Å². The molecule has 0 amide bonds. The van der Waals surface area contributed by atoms with E-state index in [1.54, 1.807) is 0 Å². The highest BCUT2D eigenvalue weighted by atomic mass is 19.1. The molecule has 90 valence electrons. The van der Waals surface area contributed by atoms with Crippen molar-refractivity contribution in [2.24, 2.45) is 0 Å². The van der Waals surface area contributed by atoms with Crippen LogP contribution in [-0.2, 0) is 0 Å². The summed E-state index contributed by atoms with van der Waals surface area (Å²) in [6.45, 7) is 6.53. The van der Waals surface area contributed by atoms with E-state index in [4.69, 9.17) is 0 Å². The fourth-order valence-electron chi connectivity index (χ4n) is 1.96. The molecule has 0 aliphatic rings. The van der Waals surface area contributed by atoms with Gasteiger partial charge < -0.3 is 5.32 Å². The largest absolute Gasteiger partial charge is 0.307 e. The molecule has 0 aliphatic carbocycles. The first kappa shape index (κ1) is 13.2. The number of hydrogen-bond donors (Lipinski definition) is 1. The van der Waals surface area contributed by atoms with E-state index in [2.05, 4.69) is 26.1 Å². The molecule has 0 heterocycles. The van der Waals surface area contributed by atoms with E-state index in [1.165, 1.54) is 25.0 Å². The van der Waals surface area contributed by atoms with Gasteiger partial charge in [-0.25, -0.2) is 4.39 Å². The van der Waals surface area contributed by atoms with Gasteiger partial charge in [0.05, 0.1) is 0 Å². The Bertz CT molecular complexity index is 294. The van der Waals surface area contributed by atoms with Crippen LogP contribution in [0.3, 0.4) is 0 Å². The van der Waals surface area contributed by atoms with Crippen molar-refractivity contribution in [1.82, 2.24) is 5.32 Å². The van der Waals surface area contributed by atoms with Crippen molar-refractivity contribution in [1.29, 1.82) is 0 Å². The van der Waals surface area contributed by atoms with Gasteiger partial charge in [-0.15, -0.1) is 0 Å². The second-order valence-corrected chi connectivity index (χ2v) is 4.33. The summed E-state index contributed by atoms with van der Waals surface area (Å²) < 4.78 is 12.8. The lowest BCUT2D eigenvalue weighted by Gasteiger charge is -2.22. The van der Waals surface area contributed by atoms with Crippen molar-refractivity contribution in [2.75, 3.05) is 0 Å². The average molecular weight is 223 g/mol. The van der Waals surface area contributed by atoms with Crippen LogP contribution in [0.1, 0.15) is 51.6 Å². The molecule has 0 aromatic heterocycles. The summed E-state index contributed by atoms with van der Waals surface area (Å²) in [6.07, 6.45) is 3.53. The van der Waals surface area contributed by atoms with E-state index in [-0.39, 0.29) is 11.9 Å². The molecule has 0 bridgehead atoms. The first-order chi connectivity index (χ1) is 7.67. The zero-order valence-electron chi connectivity index (χ0n) is 10.5. The van der Waals surface area contributed by atoms with Crippen molar-refractivity contribution in [2.45, 2.75) is 52.1 Å². The zero-order chi connectivity index (χ0) is 12.0. The summed E-state index contributed by atoms with van der Waals surface area (Å²) in [5.41, 5.74) is 1.15. The monoisotopic (exact) mass is 223 g/mol. The second kappa shape index (κ2) is 6.64. The minimum atomic E-state index is -0.170. The first-order valence-corrected chi connectivity index (χ1v) is 6.18. The summed E-state index contributed by atoms with van der Waals surface area (Å²) in [6, 6.07) is 7.60. The highest BCUT2D eigenvalue weighted by Gasteiger charge is 2.10. The summed E-state index contributed by atoms with van der Waals surface area (Å²) >= 11 is 0. The van der Waals surface area contributed by atoms with Crippen LogP contribution in [-0.4, -0.2) is 6.04 Å². The topological polar surface area (TPSA) is 12.0 Å². The van der Waals surface area contributed by atoms with Gasteiger partial charge >= 0.3 is 0 Å². The number of halogens is 1. The average Bonchev–Trinajstić information content (AvgIpc) is 2.29. The van der Waals surface area contributed by atoms with Gasteiger partial charge in [-0.05, 0) is 37.5 Å². The summed E-state index contributed by atoms with van der Waals surface area (Å²) in [4.78, 5) is 0. The zero-order valence-corrected chi connectivity index (χ0v) is 10.5. The lowest BCUT2D eigenvalue weighted by atomic mass is 10.0. The van der Waals surface area contributed by atoms with Crippen molar-refractivity contribution >= 4 is 0 Å². The third kappa shape index (κ3) is 3.93. The van der Waals surface area contributed by atoms with Gasteiger partial charge in [0.2, 0.25) is 0 Å². The molecule has 1 rings (SSSR count). The molecule has 1 nitrogen and oxygen atoms in total. The van der Waals surface area contributed by atoms with E-state index in [1.807, 2.05) is 12.1 Å². The Hall–Kier alpha value is -0.890. The van der Waals surface area contributed by atoms with Crippen LogP contribution < -0.4 is 5.32 Å². The lowest BCUT2D eigenvalue weighted by Crippen LogP contribution is -2.30. The summed E-state index contributed by atoms with van der Waals surface area (Å²) in [7, 11) is 0. The van der Waals surface area contributed by atoms with Crippen LogP contribution in [0.25, 0.3) is 0 Å². The van der Waals surface area contributed by atoms with E-state index < -0.39 is 0 Å². The van der Waals surface area contributed by atoms with Gasteiger partial charge in [0, 0.05) is 12.1 Å². The number of rotatable bonds is 6. The predicted molar refractivity (Wildman–Crippen MR) is 66.9 cm³/mol. The Labute approximate surface area is 98.1 Å². The molecule has 2 heteroatoms. The molecule has 0 aliphatic heterocycles. The molecule has 1 N–H and O–H groups in total. The SMILES string of the molecule is CCCC(CC)N[C@H](C)c1ccc(F)cc1. The van der Waals surface area contributed by atoms with E-state index in [9.17, 15) is 4.39 Å². The third-order valence-corrected chi connectivity index (χ3v) is 2.99. The fraction of sp³-hybridized carbons (Fsp3) is 0.571. The molecular weight excluding hydrogens is 201 g/mol. The van der Waals surface area contributed by atoms with Crippen molar-refractivity contribution in [3.63, 3.8) is 0 Å². The van der Waals surface area contributed by atoms with Crippen LogP contribution in [0, 0.1) is 5.82 Å². The molecule has 1 aromatic carbocycles. The number of hydrogen-bond acceptors (Lipinski definition) is 1. The lowest BCUT2D eigenvalue weighted by molar-refractivity contribution is 0.417. The van der Waals surface area contributed by atoms with Crippen molar-refractivity contribution in [3.05, 3.63) is 35.6 Å². The Kier molecular flexibility index (Phi) is 5.47. The van der Waals surface area contributed by atoms with E-state index in [0.717, 1.165) is 12.0 Å². The Morgan fingerprint density at radius 1 is 1.19 bits per heavy atom. The summed E-state index contributed by atoms with van der Waals surface area (Å²) in [5.74, 6) is -0.170. The number of benzene rings is 1. The molecule has 0 radical (unpaired) electrons. The third-order valence-electron chi connectivity index (χ3n) is 2.99. The molecule has 0 saturated heterocycles. The molecule has 0 saturated carbocycles. The minimum Gasteiger partial charge on any atom is -0.307 e. The second-order valence-electron chi connectivity index (χ2n) is 4.33. The van der Waals surface area contributed by atoms with Crippen molar-refractivity contribution in [3.8, 4) is 0 Å². The number of nitrogens with one attached hydrogen (secondary N) is 1. The van der Waals surface area contributed by atoms with Crippen LogP contribution in [0.2, 0.25) is 0 Å². The molecule has 1 unspecified atom stereocenters. The maximum atomic E-state index is 12.8. The van der Waals surface area contributed by atoms with Gasteiger partial charge in [0.25, 0.3) is 0 Å². The van der Waals surface area contributed by atoms with Gasteiger partial charge in [-0.2, -0.15) is 0 Å². The smallest absolute Gasteiger partial charge is 0.123 e. The van der Waals surface area contributed by atoms with Gasteiger partial charge in [0.15, 0.2) is 0 Å². The Morgan fingerprint density at radius 3 is 2.31 bits per heavy atom. The molecule has 16 heavy (non-hydrogen) atoms. The highest BCUT2D eigenvalue weighted by molar-refractivity contribution is 5.19. The standard InChI is InChI=1S/C14H22FN/c1-4-6-14(5-2)16-11(3)12-7-9-13(15)10-8-12/h7-11,14,16H,4-6H2,1-3H3/t11-,14?/m1/s1. The molecule has 1 aromatic rings. The molecule has 0 spiro atoms. The predicted octanol–water partition coefficient (Wildman–Crippen LogP) is 4.06. The summed E-state index contributed by atoms with van der Waals surface area (Å²) in [5, 5.41) is 3.58. The van der Waals surface area contributed by atoms with E-state index in [0.29, 0.717) is 6.04 Å². The van der Waals surface area contributed by atoms with Crippen LogP contribution in [0.4, 0.5) is 4.39 Å². The quantitative estimate of drug-likeness (QED) is 0.767. The highest BCUT2D eigenvalue weighted by Crippen LogP contribution is 2.15. The van der Waals surface area contributed by atoms with Gasteiger partial charge in [-0.3, -0.25) is 0 Å². The molecular formula is C14H22FN. The van der Waals surface area contributed by atoms with Gasteiger partial charge in [0.1, 0.15) is 5.82 Å². The molecule has 2 atom stereocenters.